The van der Waals surface area contributed by atoms with Crippen molar-refractivity contribution in [3.8, 4) is 5.75 Å². The second kappa shape index (κ2) is 8.63. The van der Waals surface area contributed by atoms with Crippen LogP contribution in [0.5, 0.6) is 5.75 Å². The topological polar surface area (TPSA) is 56.8 Å². The van der Waals surface area contributed by atoms with Crippen molar-refractivity contribution in [3.05, 3.63) is 46.4 Å². The lowest BCUT2D eigenvalue weighted by atomic mass is 10.2. The number of benzene rings is 2. The van der Waals surface area contributed by atoms with E-state index in [9.17, 15) is 4.79 Å². The number of carbonyl (C=O) groups is 1. The van der Waals surface area contributed by atoms with Crippen LogP contribution in [0.1, 0.15) is 5.56 Å². The molecule has 1 aliphatic heterocycles. The number of amides is 2. The van der Waals surface area contributed by atoms with Gasteiger partial charge in [0.05, 0.1) is 12.8 Å². The van der Waals surface area contributed by atoms with E-state index >= 15 is 0 Å². The van der Waals surface area contributed by atoms with Crippen molar-refractivity contribution in [3.63, 3.8) is 0 Å². The van der Waals surface area contributed by atoms with Gasteiger partial charge in [0.15, 0.2) is 0 Å². The van der Waals surface area contributed by atoms with Crippen LogP contribution in [0.2, 0.25) is 0 Å². The summed E-state index contributed by atoms with van der Waals surface area (Å²) in [4.78, 5) is 17.0. The lowest BCUT2D eigenvalue weighted by Gasteiger charge is -2.34. The fraction of sp³-hybridized carbons (Fsp3) is 0.350. The van der Waals surface area contributed by atoms with Gasteiger partial charge in [0.2, 0.25) is 0 Å². The van der Waals surface area contributed by atoms with Crippen LogP contribution in [0.25, 0.3) is 0 Å². The Kier molecular flexibility index (Phi) is 6.23. The minimum Gasteiger partial charge on any atom is -0.495 e. The van der Waals surface area contributed by atoms with E-state index in [0.717, 1.165) is 59.0 Å². The van der Waals surface area contributed by atoms with E-state index in [0.29, 0.717) is 0 Å². The molecule has 3 rings (SSSR count). The molecule has 0 bridgehead atoms. The van der Waals surface area contributed by atoms with E-state index in [1.165, 1.54) is 0 Å². The summed E-state index contributed by atoms with van der Waals surface area (Å²) in [5.41, 5.74) is 3.55. The van der Waals surface area contributed by atoms with Crippen molar-refractivity contribution < 1.29 is 9.53 Å². The Morgan fingerprint density at radius 2 is 1.67 bits per heavy atom. The highest BCUT2D eigenvalue weighted by Crippen LogP contribution is 2.32. The first-order valence-corrected chi connectivity index (χ1v) is 9.71. The summed E-state index contributed by atoms with van der Waals surface area (Å²) < 4.78 is 6.53. The Morgan fingerprint density at radius 1 is 1.04 bits per heavy atom. The third-order valence-electron chi connectivity index (χ3n) is 4.70. The first kappa shape index (κ1) is 19.5. The third-order valence-corrected chi connectivity index (χ3v) is 5.59. The molecule has 27 heavy (non-hydrogen) atoms. The highest BCUT2D eigenvalue weighted by Gasteiger charge is 2.18. The van der Waals surface area contributed by atoms with Crippen LogP contribution >= 0.6 is 15.9 Å². The molecule has 1 heterocycles. The summed E-state index contributed by atoms with van der Waals surface area (Å²) in [5, 5.41) is 5.78. The molecule has 2 N–H and O–H groups in total. The van der Waals surface area contributed by atoms with Crippen molar-refractivity contribution in [1.82, 2.24) is 4.90 Å². The lowest BCUT2D eigenvalue weighted by molar-refractivity contribution is 0.262. The Bertz CT molecular complexity index is 820. The molecule has 2 aromatic rings. The van der Waals surface area contributed by atoms with Gasteiger partial charge in [-0.1, -0.05) is 15.9 Å². The molecule has 1 aliphatic rings. The predicted molar refractivity (Wildman–Crippen MR) is 114 cm³/mol. The number of aryl methyl sites for hydroxylation is 1. The molecule has 1 fully saturated rings. The largest absolute Gasteiger partial charge is 0.495 e. The Balaban J connectivity index is 1.71. The minimum absolute atomic E-state index is 0.272. The van der Waals surface area contributed by atoms with Crippen LogP contribution in [0, 0.1) is 6.92 Å². The van der Waals surface area contributed by atoms with Gasteiger partial charge in [-0.05, 0) is 55.9 Å². The number of carbonyl (C=O) groups excluding carboxylic acids is 1. The monoisotopic (exact) mass is 432 g/mol. The number of piperazine rings is 1. The van der Waals surface area contributed by atoms with E-state index in [1.807, 2.05) is 43.3 Å². The van der Waals surface area contributed by atoms with Gasteiger partial charge in [-0.2, -0.15) is 0 Å². The van der Waals surface area contributed by atoms with Crippen LogP contribution in [0.15, 0.2) is 40.9 Å². The van der Waals surface area contributed by atoms with Gasteiger partial charge in [0.25, 0.3) is 0 Å². The average Bonchev–Trinajstić information content (AvgIpc) is 2.65. The second-order valence-electron chi connectivity index (χ2n) is 6.72. The summed E-state index contributed by atoms with van der Waals surface area (Å²) in [6, 6.07) is 11.2. The minimum atomic E-state index is -0.272. The summed E-state index contributed by atoms with van der Waals surface area (Å²) in [6.07, 6.45) is 0. The molecular formula is C20H25BrN4O2. The molecule has 0 atom stereocenters. The van der Waals surface area contributed by atoms with Crippen LogP contribution in [-0.4, -0.2) is 51.3 Å². The van der Waals surface area contributed by atoms with Crippen molar-refractivity contribution in [1.29, 1.82) is 0 Å². The summed E-state index contributed by atoms with van der Waals surface area (Å²) in [7, 11) is 3.80. The van der Waals surface area contributed by atoms with Crippen molar-refractivity contribution in [2.45, 2.75) is 6.92 Å². The number of nitrogens with one attached hydrogen (secondary N) is 2. The smallest absolute Gasteiger partial charge is 0.323 e. The van der Waals surface area contributed by atoms with Gasteiger partial charge in [-0.3, -0.25) is 0 Å². The standard InChI is InChI=1S/C20H25BrN4O2/c1-14-12-15(4-6-17(14)21)22-20(26)23-16-5-7-19(27-3)18(13-16)25-10-8-24(2)9-11-25/h4-7,12-13H,8-11H2,1-3H3,(H2,22,23,26). The highest BCUT2D eigenvalue weighted by molar-refractivity contribution is 9.10. The fourth-order valence-corrected chi connectivity index (χ4v) is 3.32. The first-order chi connectivity index (χ1) is 13.0. The zero-order valence-corrected chi connectivity index (χ0v) is 17.5. The summed E-state index contributed by atoms with van der Waals surface area (Å²) >= 11 is 3.46. The molecule has 0 aliphatic carbocycles. The van der Waals surface area contributed by atoms with Crippen LogP contribution in [0.3, 0.4) is 0 Å². The Labute approximate surface area is 168 Å². The molecule has 0 saturated carbocycles. The zero-order chi connectivity index (χ0) is 19.4. The number of hydrogen-bond donors (Lipinski definition) is 2. The number of nitrogens with zero attached hydrogens (tertiary/aromatic N) is 2. The van der Waals surface area contributed by atoms with Crippen molar-refractivity contribution in [2.75, 3.05) is 55.9 Å². The van der Waals surface area contributed by atoms with Gasteiger partial charge in [0, 0.05) is 42.0 Å². The van der Waals surface area contributed by atoms with E-state index in [2.05, 4.69) is 43.4 Å². The highest BCUT2D eigenvalue weighted by atomic mass is 79.9. The van der Waals surface area contributed by atoms with E-state index in [-0.39, 0.29) is 6.03 Å². The molecule has 2 amide bonds. The molecule has 0 spiro atoms. The van der Waals surface area contributed by atoms with Crippen LogP contribution < -0.4 is 20.3 Å². The van der Waals surface area contributed by atoms with Gasteiger partial charge in [-0.25, -0.2) is 4.79 Å². The van der Waals surface area contributed by atoms with E-state index in [1.54, 1.807) is 7.11 Å². The molecule has 144 valence electrons. The maximum atomic E-state index is 12.4. The second-order valence-corrected chi connectivity index (χ2v) is 7.57. The number of likely N-dealkylation sites (N-methyl/N-ethyl adjacent to an activating group) is 1. The Morgan fingerprint density at radius 3 is 2.30 bits per heavy atom. The van der Waals surface area contributed by atoms with Crippen molar-refractivity contribution in [2.24, 2.45) is 0 Å². The van der Waals surface area contributed by atoms with Gasteiger partial charge in [0.1, 0.15) is 5.75 Å². The quantitative estimate of drug-likeness (QED) is 0.761. The Hall–Kier alpha value is -2.25. The number of anilines is 3. The first-order valence-electron chi connectivity index (χ1n) is 8.92. The molecule has 0 radical (unpaired) electrons. The van der Waals surface area contributed by atoms with E-state index in [4.69, 9.17) is 4.74 Å². The fourth-order valence-electron chi connectivity index (χ4n) is 3.08. The molecular weight excluding hydrogens is 408 g/mol. The average molecular weight is 433 g/mol. The number of rotatable bonds is 4. The maximum Gasteiger partial charge on any atom is 0.323 e. The van der Waals surface area contributed by atoms with Gasteiger partial charge >= 0.3 is 6.03 Å². The number of hydrogen-bond acceptors (Lipinski definition) is 4. The third kappa shape index (κ3) is 4.93. The molecule has 0 aromatic heterocycles. The van der Waals surface area contributed by atoms with Crippen LogP contribution in [0.4, 0.5) is 21.9 Å². The maximum absolute atomic E-state index is 12.4. The molecule has 1 saturated heterocycles. The molecule has 2 aromatic carbocycles. The molecule has 7 heteroatoms. The van der Waals surface area contributed by atoms with Gasteiger partial charge < -0.3 is 25.2 Å². The summed E-state index contributed by atoms with van der Waals surface area (Å²) in [5.74, 6) is 0.814. The normalized spacial score (nSPS) is 14.7. The molecule has 6 nitrogen and oxygen atoms in total. The van der Waals surface area contributed by atoms with Gasteiger partial charge in [-0.15, -0.1) is 0 Å². The SMILES string of the molecule is COc1ccc(NC(=O)Nc2ccc(Br)c(C)c2)cc1N1CCN(C)CC1. The summed E-state index contributed by atoms with van der Waals surface area (Å²) in [6.45, 7) is 5.86. The van der Waals surface area contributed by atoms with Crippen molar-refractivity contribution >= 4 is 39.0 Å². The molecule has 0 unspecified atom stereocenters. The zero-order valence-electron chi connectivity index (χ0n) is 15.9. The number of ether oxygens (including phenoxy) is 1. The predicted octanol–water partition coefficient (Wildman–Crippen LogP) is 4.16. The lowest BCUT2D eigenvalue weighted by Crippen LogP contribution is -2.44. The number of urea groups is 1. The van der Waals surface area contributed by atoms with Crippen LogP contribution in [-0.2, 0) is 0 Å². The number of halogens is 1. The number of methoxy groups -OCH3 is 1. The van der Waals surface area contributed by atoms with E-state index < -0.39 is 0 Å².